The molecule has 8 heteroatoms. The van der Waals surface area contributed by atoms with Crippen molar-refractivity contribution < 1.29 is 14.2 Å². The quantitative estimate of drug-likeness (QED) is 0.452. The van der Waals surface area contributed by atoms with E-state index < -0.39 is 0 Å². The third-order valence-electron chi connectivity index (χ3n) is 3.89. The van der Waals surface area contributed by atoms with Gasteiger partial charge in [-0.15, -0.1) is 0 Å². The van der Waals surface area contributed by atoms with E-state index in [1.807, 2.05) is 56.3 Å². The van der Waals surface area contributed by atoms with Crippen LogP contribution >= 0.6 is 12.2 Å². The zero-order valence-electron chi connectivity index (χ0n) is 16.0. The van der Waals surface area contributed by atoms with Crippen molar-refractivity contribution in [2.45, 2.75) is 13.8 Å². The fraction of sp³-hybridized carbons (Fsp3) is 0.250. The molecule has 0 unspecified atom stereocenters. The summed E-state index contributed by atoms with van der Waals surface area (Å²) in [4.78, 5) is 0. The Kier molecular flexibility index (Phi) is 6.44. The highest BCUT2D eigenvalue weighted by atomic mass is 32.1. The first-order chi connectivity index (χ1) is 13.7. The van der Waals surface area contributed by atoms with Crippen LogP contribution in [0, 0.1) is 4.77 Å². The van der Waals surface area contributed by atoms with E-state index in [0.29, 0.717) is 35.3 Å². The number of aromatic amines is 1. The van der Waals surface area contributed by atoms with E-state index >= 15 is 0 Å². The van der Waals surface area contributed by atoms with Crippen LogP contribution in [0.3, 0.4) is 0 Å². The maximum atomic E-state index is 5.70. The molecule has 0 spiro atoms. The standard InChI is InChI=1S/C20H22N4O3S/c1-4-26-16-9-7-6-8-15(16)19-22-23-20(28)24(19)21-13-14-10-11-17(25-3)18(12-14)27-5-2/h6-13H,4-5H2,1-3H3,(H,23,28)/b21-13-. The molecule has 0 saturated carbocycles. The van der Waals surface area contributed by atoms with Crippen LogP contribution in [0.5, 0.6) is 17.2 Å². The van der Waals surface area contributed by atoms with Crippen molar-refractivity contribution in [2.24, 2.45) is 5.10 Å². The minimum absolute atomic E-state index is 0.385. The number of nitrogens with zero attached hydrogens (tertiary/aromatic N) is 3. The summed E-state index contributed by atoms with van der Waals surface area (Å²) in [6.45, 7) is 4.96. The van der Waals surface area contributed by atoms with E-state index in [4.69, 9.17) is 26.4 Å². The zero-order valence-corrected chi connectivity index (χ0v) is 16.8. The van der Waals surface area contributed by atoms with Crippen LogP contribution in [-0.2, 0) is 0 Å². The number of ether oxygens (including phenoxy) is 3. The normalized spacial score (nSPS) is 11.0. The highest BCUT2D eigenvalue weighted by Crippen LogP contribution is 2.29. The SMILES string of the molecule is CCOc1cc(/C=N\n2c(-c3ccccc3OCC)n[nH]c2=S)ccc1OC. The molecule has 0 aliphatic rings. The predicted octanol–water partition coefficient (Wildman–Crippen LogP) is 4.30. The van der Waals surface area contributed by atoms with Crippen molar-refractivity contribution >= 4 is 18.4 Å². The van der Waals surface area contributed by atoms with Crippen LogP contribution in [0.2, 0.25) is 0 Å². The van der Waals surface area contributed by atoms with Gasteiger partial charge in [-0.3, -0.25) is 0 Å². The second-order valence-electron chi connectivity index (χ2n) is 5.68. The molecule has 0 aliphatic carbocycles. The summed E-state index contributed by atoms with van der Waals surface area (Å²) in [6.07, 6.45) is 1.69. The fourth-order valence-electron chi connectivity index (χ4n) is 2.67. The molecule has 3 rings (SSSR count). The van der Waals surface area contributed by atoms with Gasteiger partial charge in [0.15, 0.2) is 17.3 Å². The van der Waals surface area contributed by atoms with Gasteiger partial charge in [-0.1, -0.05) is 12.1 Å². The first kappa shape index (κ1) is 19.6. The van der Waals surface area contributed by atoms with E-state index in [2.05, 4.69) is 15.3 Å². The molecule has 0 amide bonds. The van der Waals surface area contributed by atoms with Crippen LogP contribution in [0.15, 0.2) is 47.6 Å². The summed E-state index contributed by atoms with van der Waals surface area (Å²) in [6, 6.07) is 13.2. The van der Waals surface area contributed by atoms with E-state index in [-0.39, 0.29) is 0 Å². The summed E-state index contributed by atoms with van der Waals surface area (Å²) >= 11 is 5.35. The molecular weight excluding hydrogens is 376 g/mol. The molecule has 2 aromatic carbocycles. The molecule has 0 fully saturated rings. The van der Waals surface area contributed by atoms with Gasteiger partial charge in [0.25, 0.3) is 0 Å². The smallest absolute Gasteiger partial charge is 0.216 e. The summed E-state index contributed by atoms with van der Waals surface area (Å²) in [5.41, 5.74) is 1.65. The second-order valence-corrected chi connectivity index (χ2v) is 6.07. The van der Waals surface area contributed by atoms with Gasteiger partial charge in [0, 0.05) is 0 Å². The van der Waals surface area contributed by atoms with Gasteiger partial charge >= 0.3 is 0 Å². The van der Waals surface area contributed by atoms with Gasteiger partial charge in [-0.2, -0.15) is 14.9 Å². The van der Waals surface area contributed by atoms with Crippen LogP contribution in [0.4, 0.5) is 0 Å². The van der Waals surface area contributed by atoms with Gasteiger partial charge in [0.05, 0.1) is 32.1 Å². The molecule has 28 heavy (non-hydrogen) atoms. The Morgan fingerprint density at radius 1 is 1.07 bits per heavy atom. The molecule has 0 aliphatic heterocycles. The molecule has 0 bridgehead atoms. The first-order valence-corrected chi connectivity index (χ1v) is 9.33. The van der Waals surface area contributed by atoms with Crippen molar-refractivity contribution in [1.82, 2.24) is 14.9 Å². The molecular formula is C20H22N4O3S. The van der Waals surface area contributed by atoms with E-state index in [1.54, 1.807) is 18.0 Å². The average molecular weight is 398 g/mol. The Labute approximate surface area is 168 Å². The van der Waals surface area contributed by atoms with Crippen LogP contribution < -0.4 is 14.2 Å². The molecule has 146 valence electrons. The van der Waals surface area contributed by atoms with E-state index in [1.165, 1.54) is 0 Å². The maximum absolute atomic E-state index is 5.70. The first-order valence-electron chi connectivity index (χ1n) is 8.92. The minimum Gasteiger partial charge on any atom is -0.493 e. The lowest BCUT2D eigenvalue weighted by Gasteiger charge is -2.10. The van der Waals surface area contributed by atoms with Gasteiger partial charge in [0.2, 0.25) is 4.77 Å². The summed E-state index contributed by atoms with van der Waals surface area (Å²) in [7, 11) is 1.61. The average Bonchev–Trinajstić information content (AvgIpc) is 3.08. The lowest BCUT2D eigenvalue weighted by molar-refractivity contribution is 0.311. The minimum atomic E-state index is 0.385. The summed E-state index contributed by atoms with van der Waals surface area (Å²) < 4.78 is 18.6. The third kappa shape index (κ3) is 4.23. The van der Waals surface area contributed by atoms with E-state index in [0.717, 1.165) is 16.9 Å². The summed E-state index contributed by atoms with van der Waals surface area (Å²) in [5, 5.41) is 11.6. The van der Waals surface area contributed by atoms with Crippen LogP contribution in [0.1, 0.15) is 19.4 Å². The Bertz CT molecular complexity index is 1030. The Morgan fingerprint density at radius 3 is 2.57 bits per heavy atom. The third-order valence-corrected chi connectivity index (χ3v) is 4.15. The monoisotopic (exact) mass is 398 g/mol. The molecule has 0 saturated heterocycles. The Balaban J connectivity index is 1.98. The van der Waals surface area contributed by atoms with Crippen LogP contribution in [0.25, 0.3) is 11.4 Å². The van der Waals surface area contributed by atoms with E-state index in [9.17, 15) is 0 Å². The van der Waals surface area contributed by atoms with Crippen molar-refractivity contribution in [3.8, 4) is 28.6 Å². The predicted molar refractivity (Wildman–Crippen MR) is 111 cm³/mol. The number of rotatable bonds is 8. The molecule has 7 nitrogen and oxygen atoms in total. The lowest BCUT2D eigenvalue weighted by Crippen LogP contribution is -1.99. The molecule has 1 aromatic heterocycles. The molecule has 3 aromatic rings. The Hall–Kier alpha value is -3.13. The van der Waals surface area contributed by atoms with Crippen molar-refractivity contribution in [2.75, 3.05) is 20.3 Å². The number of benzene rings is 2. The maximum Gasteiger partial charge on any atom is 0.216 e. The van der Waals surface area contributed by atoms with Gasteiger partial charge in [0.1, 0.15) is 5.75 Å². The molecule has 0 atom stereocenters. The highest BCUT2D eigenvalue weighted by molar-refractivity contribution is 7.71. The second kappa shape index (κ2) is 9.18. The Morgan fingerprint density at radius 2 is 1.82 bits per heavy atom. The number of aromatic nitrogens is 3. The van der Waals surface area contributed by atoms with Gasteiger partial charge in [-0.25, -0.2) is 5.10 Å². The fourth-order valence-corrected chi connectivity index (χ4v) is 2.85. The van der Waals surface area contributed by atoms with Crippen molar-refractivity contribution in [3.05, 3.63) is 52.8 Å². The van der Waals surface area contributed by atoms with Crippen molar-refractivity contribution in [3.63, 3.8) is 0 Å². The van der Waals surface area contributed by atoms with Crippen LogP contribution in [-0.4, -0.2) is 41.4 Å². The van der Waals surface area contributed by atoms with Gasteiger partial charge < -0.3 is 14.2 Å². The molecule has 1 N–H and O–H groups in total. The molecule has 1 heterocycles. The number of nitrogens with one attached hydrogen (secondary N) is 1. The topological polar surface area (TPSA) is 73.7 Å². The lowest BCUT2D eigenvalue weighted by atomic mass is 10.2. The highest BCUT2D eigenvalue weighted by Gasteiger charge is 2.13. The number of para-hydroxylation sites is 1. The van der Waals surface area contributed by atoms with Gasteiger partial charge in [-0.05, 0) is 62.0 Å². The number of hydrogen-bond acceptors (Lipinski definition) is 6. The number of hydrogen-bond donors (Lipinski definition) is 1. The number of methoxy groups -OCH3 is 1. The number of H-pyrrole nitrogens is 1. The molecule has 0 radical (unpaired) electrons. The summed E-state index contributed by atoms with van der Waals surface area (Å²) in [5.74, 6) is 2.62. The zero-order chi connectivity index (χ0) is 19.9. The largest absolute Gasteiger partial charge is 0.493 e. The van der Waals surface area contributed by atoms with Crippen molar-refractivity contribution in [1.29, 1.82) is 0 Å².